The fraction of sp³-hybridized carbons (Fsp3) is 0.133. The summed E-state index contributed by atoms with van der Waals surface area (Å²) in [6, 6.07) is 10.4. The van der Waals surface area contributed by atoms with Gasteiger partial charge >= 0.3 is 6.18 Å². The third-order valence-electron chi connectivity index (χ3n) is 3.00. The number of alkyl halides is 3. The minimum atomic E-state index is -4.46. The normalized spacial score (nSPS) is 11.8. The molecule has 0 unspecified atom stereocenters. The number of thioether (sulfide) groups is 1. The standard InChI is InChI=1S/C15H10F3N3S/c16-15(17,18)12-6-8-20-14(21-12)22-9-11-4-1-3-10-5-2-7-19-13(10)11/h1-8H,9H2. The molecule has 0 saturated heterocycles. The molecule has 0 atom stereocenters. The molecule has 3 rings (SSSR count). The predicted octanol–water partition coefficient (Wildman–Crippen LogP) is 4.34. The van der Waals surface area contributed by atoms with Crippen LogP contribution in [0, 0.1) is 0 Å². The van der Waals surface area contributed by atoms with Crippen LogP contribution in [0.4, 0.5) is 13.2 Å². The molecule has 0 bridgehead atoms. The first-order valence-corrected chi connectivity index (χ1v) is 7.38. The number of hydrogen-bond donors (Lipinski definition) is 0. The molecular weight excluding hydrogens is 311 g/mol. The van der Waals surface area contributed by atoms with Gasteiger partial charge in [-0.2, -0.15) is 13.2 Å². The Bertz CT molecular complexity index is 800. The highest BCUT2D eigenvalue weighted by molar-refractivity contribution is 7.98. The molecule has 3 nitrogen and oxygen atoms in total. The maximum atomic E-state index is 12.6. The van der Waals surface area contributed by atoms with Gasteiger partial charge in [-0.15, -0.1) is 0 Å². The number of benzene rings is 1. The first-order valence-electron chi connectivity index (χ1n) is 6.40. The van der Waals surface area contributed by atoms with E-state index in [1.54, 1.807) is 6.20 Å². The molecular formula is C15H10F3N3S. The lowest BCUT2D eigenvalue weighted by atomic mass is 10.1. The second kappa shape index (κ2) is 5.92. The topological polar surface area (TPSA) is 38.7 Å². The summed E-state index contributed by atoms with van der Waals surface area (Å²) < 4.78 is 37.9. The largest absolute Gasteiger partial charge is 0.433 e. The van der Waals surface area contributed by atoms with Gasteiger partial charge in [-0.05, 0) is 17.7 Å². The van der Waals surface area contributed by atoms with E-state index < -0.39 is 11.9 Å². The van der Waals surface area contributed by atoms with Crippen molar-refractivity contribution in [3.63, 3.8) is 0 Å². The first kappa shape index (κ1) is 14.8. The van der Waals surface area contributed by atoms with E-state index in [-0.39, 0.29) is 5.16 Å². The van der Waals surface area contributed by atoms with Gasteiger partial charge in [0.2, 0.25) is 0 Å². The Morgan fingerprint density at radius 3 is 2.59 bits per heavy atom. The molecule has 0 aliphatic heterocycles. The van der Waals surface area contributed by atoms with Crippen molar-refractivity contribution in [3.8, 4) is 0 Å². The minimum Gasteiger partial charge on any atom is -0.256 e. The number of hydrogen-bond acceptors (Lipinski definition) is 4. The van der Waals surface area contributed by atoms with E-state index in [2.05, 4.69) is 15.0 Å². The summed E-state index contributed by atoms with van der Waals surface area (Å²) >= 11 is 1.16. The van der Waals surface area contributed by atoms with Crippen molar-refractivity contribution in [2.45, 2.75) is 17.1 Å². The molecule has 0 spiro atoms. The van der Waals surface area contributed by atoms with Crippen molar-refractivity contribution >= 4 is 22.7 Å². The maximum absolute atomic E-state index is 12.6. The van der Waals surface area contributed by atoms with Gasteiger partial charge in [0.1, 0.15) is 5.69 Å². The van der Waals surface area contributed by atoms with Gasteiger partial charge in [0.25, 0.3) is 0 Å². The summed E-state index contributed by atoms with van der Waals surface area (Å²) in [6.07, 6.45) is -1.64. The summed E-state index contributed by atoms with van der Waals surface area (Å²) in [5.74, 6) is 0.454. The van der Waals surface area contributed by atoms with Crippen LogP contribution in [0.2, 0.25) is 0 Å². The molecule has 0 saturated carbocycles. The van der Waals surface area contributed by atoms with Gasteiger partial charge < -0.3 is 0 Å². The number of nitrogens with zero attached hydrogens (tertiary/aromatic N) is 3. The second-order valence-corrected chi connectivity index (χ2v) is 5.45. The van der Waals surface area contributed by atoms with Crippen molar-refractivity contribution in [3.05, 3.63) is 60.0 Å². The molecule has 0 aliphatic rings. The van der Waals surface area contributed by atoms with Crippen LogP contribution in [0.5, 0.6) is 0 Å². The van der Waals surface area contributed by atoms with Gasteiger partial charge in [-0.25, -0.2) is 9.97 Å². The lowest BCUT2D eigenvalue weighted by Gasteiger charge is -2.07. The van der Waals surface area contributed by atoms with Crippen LogP contribution in [0.25, 0.3) is 10.9 Å². The molecule has 22 heavy (non-hydrogen) atoms. The SMILES string of the molecule is FC(F)(F)c1ccnc(SCc2cccc3cccnc23)n1. The summed E-state index contributed by atoms with van der Waals surface area (Å²) in [4.78, 5) is 11.7. The average molecular weight is 321 g/mol. The Morgan fingerprint density at radius 2 is 1.77 bits per heavy atom. The smallest absolute Gasteiger partial charge is 0.256 e. The Labute approximate surface area is 128 Å². The van der Waals surface area contributed by atoms with Gasteiger partial charge in [0, 0.05) is 23.5 Å². The number of pyridine rings is 1. The molecule has 1 aromatic carbocycles. The highest BCUT2D eigenvalue weighted by Crippen LogP contribution is 2.29. The molecule has 0 radical (unpaired) electrons. The number of rotatable bonds is 3. The fourth-order valence-electron chi connectivity index (χ4n) is 1.99. The fourth-order valence-corrected chi connectivity index (χ4v) is 2.81. The van der Waals surface area contributed by atoms with E-state index in [0.29, 0.717) is 5.75 Å². The second-order valence-electron chi connectivity index (χ2n) is 4.50. The van der Waals surface area contributed by atoms with Gasteiger partial charge in [0.15, 0.2) is 5.16 Å². The Balaban J connectivity index is 1.83. The Hall–Kier alpha value is -2.15. The van der Waals surface area contributed by atoms with Crippen LogP contribution >= 0.6 is 11.8 Å². The van der Waals surface area contributed by atoms with E-state index in [9.17, 15) is 13.2 Å². The predicted molar refractivity (Wildman–Crippen MR) is 78.3 cm³/mol. The minimum absolute atomic E-state index is 0.0998. The molecule has 2 heterocycles. The van der Waals surface area contributed by atoms with Crippen LogP contribution in [-0.4, -0.2) is 15.0 Å². The van der Waals surface area contributed by atoms with Crippen molar-refractivity contribution in [2.75, 3.05) is 0 Å². The molecule has 112 valence electrons. The quantitative estimate of drug-likeness (QED) is 0.531. The Kier molecular flexibility index (Phi) is 3.98. The average Bonchev–Trinajstić information content (AvgIpc) is 2.52. The van der Waals surface area contributed by atoms with Crippen molar-refractivity contribution < 1.29 is 13.2 Å². The lowest BCUT2D eigenvalue weighted by molar-refractivity contribution is -0.141. The maximum Gasteiger partial charge on any atom is 0.433 e. The molecule has 0 amide bonds. The van der Waals surface area contributed by atoms with E-state index in [4.69, 9.17) is 0 Å². The molecule has 0 fully saturated rings. The lowest BCUT2D eigenvalue weighted by Crippen LogP contribution is -2.08. The van der Waals surface area contributed by atoms with E-state index in [0.717, 1.165) is 40.5 Å². The van der Waals surface area contributed by atoms with E-state index in [1.165, 1.54) is 0 Å². The van der Waals surface area contributed by atoms with Crippen LogP contribution in [-0.2, 0) is 11.9 Å². The number of fused-ring (bicyclic) bond motifs is 1. The number of para-hydroxylation sites is 1. The highest BCUT2D eigenvalue weighted by atomic mass is 32.2. The van der Waals surface area contributed by atoms with Crippen LogP contribution in [0.1, 0.15) is 11.3 Å². The molecule has 0 N–H and O–H groups in total. The highest BCUT2D eigenvalue weighted by Gasteiger charge is 2.32. The monoisotopic (exact) mass is 321 g/mol. The summed E-state index contributed by atoms with van der Waals surface area (Å²) in [5, 5.41) is 1.09. The Morgan fingerprint density at radius 1 is 0.955 bits per heavy atom. The third-order valence-corrected chi connectivity index (χ3v) is 3.91. The van der Waals surface area contributed by atoms with Crippen molar-refractivity contribution in [2.24, 2.45) is 0 Å². The summed E-state index contributed by atoms with van der Waals surface area (Å²) in [5.41, 5.74) is 0.842. The zero-order chi connectivity index (χ0) is 15.6. The summed E-state index contributed by atoms with van der Waals surface area (Å²) in [6.45, 7) is 0. The van der Waals surface area contributed by atoms with Gasteiger partial charge in [0.05, 0.1) is 5.52 Å². The zero-order valence-corrected chi connectivity index (χ0v) is 12.0. The summed E-state index contributed by atoms with van der Waals surface area (Å²) in [7, 11) is 0. The van der Waals surface area contributed by atoms with Crippen molar-refractivity contribution in [1.82, 2.24) is 15.0 Å². The van der Waals surface area contributed by atoms with Gasteiger partial charge in [-0.1, -0.05) is 36.0 Å². The van der Waals surface area contributed by atoms with Gasteiger partial charge in [-0.3, -0.25) is 4.98 Å². The van der Waals surface area contributed by atoms with E-state index in [1.807, 2.05) is 30.3 Å². The van der Waals surface area contributed by atoms with Crippen molar-refractivity contribution in [1.29, 1.82) is 0 Å². The van der Waals surface area contributed by atoms with E-state index >= 15 is 0 Å². The molecule has 7 heteroatoms. The molecule has 3 aromatic rings. The van der Waals surface area contributed by atoms with Crippen LogP contribution in [0.15, 0.2) is 53.9 Å². The number of aromatic nitrogens is 3. The molecule has 0 aliphatic carbocycles. The zero-order valence-electron chi connectivity index (χ0n) is 11.2. The van der Waals surface area contributed by atoms with Crippen LogP contribution < -0.4 is 0 Å². The third kappa shape index (κ3) is 3.19. The van der Waals surface area contributed by atoms with Crippen LogP contribution in [0.3, 0.4) is 0 Å². The molecule has 2 aromatic heterocycles. The number of halogens is 3. The first-order chi connectivity index (χ1) is 10.5.